The number of carbonyl (C=O) groups excluding carboxylic acids is 1. The van der Waals surface area contributed by atoms with Crippen LogP contribution >= 0.6 is 0 Å². The topological polar surface area (TPSA) is 43.8 Å². The van der Waals surface area contributed by atoms with E-state index in [1.807, 2.05) is 11.8 Å². The van der Waals surface area contributed by atoms with Gasteiger partial charge in [0.25, 0.3) is 5.91 Å². The van der Waals surface area contributed by atoms with Gasteiger partial charge in [-0.3, -0.25) is 9.69 Å². The number of halogens is 3. The lowest BCUT2D eigenvalue weighted by molar-refractivity contribution is -0.138. The molecule has 0 saturated carbocycles. The van der Waals surface area contributed by atoms with Gasteiger partial charge in [0.05, 0.1) is 17.2 Å². The molecule has 1 atom stereocenters. The molecule has 4 nitrogen and oxygen atoms in total. The van der Waals surface area contributed by atoms with Gasteiger partial charge >= 0.3 is 6.18 Å². The SMILES string of the molecule is CC[C@@H](O)CN1CCN(C(=O)c2ccccc2C(F)(F)F)CC1. The number of amides is 1. The first-order chi connectivity index (χ1) is 10.8. The van der Waals surface area contributed by atoms with E-state index in [1.165, 1.54) is 23.1 Å². The minimum absolute atomic E-state index is 0.304. The highest BCUT2D eigenvalue weighted by atomic mass is 19.4. The molecule has 1 saturated heterocycles. The number of benzene rings is 1. The molecule has 1 aliphatic rings. The van der Waals surface area contributed by atoms with Crippen LogP contribution in [-0.4, -0.2) is 59.6 Å². The third kappa shape index (κ3) is 4.45. The second kappa shape index (κ2) is 7.31. The predicted octanol–water partition coefficient (Wildman–Crippen LogP) is 2.23. The summed E-state index contributed by atoms with van der Waals surface area (Å²) in [5.41, 5.74) is -1.20. The maximum atomic E-state index is 13.0. The zero-order valence-corrected chi connectivity index (χ0v) is 13.0. The minimum atomic E-state index is -4.54. The lowest BCUT2D eigenvalue weighted by atomic mass is 10.1. The lowest BCUT2D eigenvalue weighted by Crippen LogP contribution is -2.50. The van der Waals surface area contributed by atoms with E-state index in [4.69, 9.17) is 0 Å². The number of piperazine rings is 1. The Morgan fingerprint density at radius 2 is 1.83 bits per heavy atom. The standard InChI is InChI=1S/C16H21F3N2O2/c1-2-12(22)11-20-7-9-21(10-8-20)15(23)13-5-3-4-6-14(13)16(17,18)19/h3-6,12,22H,2,7-11H2,1H3/t12-/m1/s1. The highest BCUT2D eigenvalue weighted by molar-refractivity contribution is 5.96. The van der Waals surface area contributed by atoms with Crippen LogP contribution in [0.1, 0.15) is 29.3 Å². The molecular weight excluding hydrogens is 309 g/mol. The normalized spacial score (nSPS) is 18.0. The van der Waals surface area contributed by atoms with Crippen LogP contribution in [0.2, 0.25) is 0 Å². The largest absolute Gasteiger partial charge is 0.417 e. The van der Waals surface area contributed by atoms with Crippen molar-refractivity contribution in [2.24, 2.45) is 0 Å². The number of rotatable bonds is 4. The van der Waals surface area contributed by atoms with Gasteiger partial charge in [0.15, 0.2) is 0 Å². The van der Waals surface area contributed by atoms with Crippen LogP contribution < -0.4 is 0 Å². The van der Waals surface area contributed by atoms with E-state index in [9.17, 15) is 23.1 Å². The molecule has 0 spiro atoms. The molecule has 0 aliphatic carbocycles. The van der Waals surface area contributed by atoms with Gasteiger partial charge in [-0.2, -0.15) is 13.2 Å². The number of β-amino-alcohol motifs (C(OH)–C–C–N with tert-alkyl or cyclic N) is 1. The molecule has 2 rings (SSSR count). The summed E-state index contributed by atoms with van der Waals surface area (Å²) in [6.07, 6.45) is -4.31. The summed E-state index contributed by atoms with van der Waals surface area (Å²) < 4.78 is 39.0. The van der Waals surface area contributed by atoms with E-state index in [2.05, 4.69) is 0 Å². The second-order valence-electron chi connectivity index (χ2n) is 5.70. The van der Waals surface area contributed by atoms with Crippen molar-refractivity contribution < 1.29 is 23.1 Å². The number of hydrogen-bond donors (Lipinski definition) is 1. The summed E-state index contributed by atoms with van der Waals surface area (Å²) in [5.74, 6) is -0.589. The number of hydrogen-bond acceptors (Lipinski definition) is 3. The predicted molar refractivity (Wildman–Crippen MR) is 80.1 cm³/mol. The van der Waals surface area contributed by atoms with Crippen molar-refractivity contribution in [3.8, 4) is 0 Å². The van der Waals surface area contributed by atoms with Gasteiger partial charge in [-0.1, -0.05) is 19.1 Å². The summed E-state index contributed by atoms with van der Waals surface area (Å²) in [6, 6.07) is 4.87. The molecule has 0 aromatic heterocycles. The fourth-order valence-corrected chi connectivity index (χ4v) is 2.65. The molecule has 1 amide bonds. The Hall–Kier alpha value is -1.60. The molecule has 1 heterocycles. The van der Waals surface area contributed by atoms with Crippen molar-refractivity contribution in [3.63, 3.8) is 0 Å². The quantitative estimate of drug-likeness (QED) is 0.921. The second-order valence-corrected chi connectivity index (χ2v) is 5.70. The smallest absolute Gasteiger partial charge is 0.392 e. The highest BCUT2D eigenvalue weighted by Crippen LogP contribution is 2.32. The molecule has 23 heavy (non-hydrogen) atoms. The molecule has 7 heteroatoms. The zero-order valence-electron chi connectivity index (χ0n) is 13.0. The summed E-state index contributed by atoms with van der Waals surface area (Å²) in [7, 11) is 0. The summed E-state index contributed by atoms with van der Waals surface area (Å²) in [6.45, 7) is 4.24. The molecular formula is C16H21F3N2O2. The first kappa shape index (κ1) is 17.7. The van der Waals surface area contributed by atoms with Crippen molar-refractivity contribution in [2.75, 3.05) is 32.7 Å². The Morgan fingerprint density at radius 1 is 1.22 bits per heavy atom. The molecule has 1 N–H and O–H groups in total. The van der Waals surface area contributed by atoms with Crippen LogP contribution in [0, 0.1) is 0 Å². The zero-order chi connectivity index (χ0) is 17.0. The Kier molecular flexibility index (Phi) is 5.64. The van der Waals surface area contributed by atoms with Crippen molar-refractivity contribution in [1.29, 1.82) is 0 Å². The van der Waals surface area contributed by atoms with Crippen LogP contribution in [0.4, 0.5) is 13.2 Å². The average Bonchev–Trinajstić information content (AvgIpc) is 2.54. The van der Waals surface area contributed by atoms with Crippen molar-refractivity contribution in [1.82, 2.24) is 9.80 Å². The molecule has 0 radical (unpaired) electrons. The summed E-state index contributed by atoms with van der Waals surface area (Å²) in [5, 5.41) is 9.64. The van der Waals surface area contributed by atoms with Crippen molar-refractivity contribution in [3.05, 3.63) is 35.4 Å². The van der Waals surface area contributed by atoms with E-state index < -0.39 is 23.8 Å². The number of aliphatic hydroxyl groups excluding tert-OH is 1. The monoisotopic (exact) mass is 330 g/mol. The number of carbonyl (C=O) groups is 1. The Balaban J connectivity index is 2.04. The van der Waals surface area contributed by atoms with E-state index in [0.717, 1.165) is 6.07 Å². The highest BCUT2D eigenvalue weighted by Gasteiger charge is 2.36. The van der Waals surface area contributed by atoms with E-state index in [-0.39, 0.29) is 5.56 Å². The van der Waals surface area contributed by atoms with Crippen LogP contribution in [0.15, 0.2) is 24.3 Å². The van der Waals surface area contributed by atoms with Gasteiger partial charge in [-0.25, -0.2) is 0 Å². The fraction of sp³-hybridized carbons (Fsp3) is 0.562. The third-order valence-electron chi connectivity index (χ3n) is 4.06. The van der Waals surface area contributed by atoms with Gasteiger partial charge in [0.2, 0.25) is 0 Å². The van der Waals surface area contributed by atoms with E-state index in [0.29, 0.717) is 39.1 Å². The Bertz CT molecular complexity index is 540. The Morgan fingerprint density at radius 3 is 2.39 bits per heavy atom. The first-order valence-electron chi connectivity index (χ1n) is 7.68. The maximum Gasteiger partial charge on any atom is 0.417 e. The van der Waals surface area contributed by atoms with Gasteiger partial charge in [0.1, 0.15) is 0 Å². The molecule has 128 valence electrons. The van der Waals surface area contributed by atoms with Crippen LogP contribution in [0.3, 0.4) is 0 Å². The number of alkyl halides is 3. The van der Waals surface area contributed by atoms with Gasteiger partial charge in [-0.15, -0.1) is 0 Å². The lowest BCUT2D eigenvalue weighted by Gasteiger charge is -2.35. The van der Waals surface area contributed by atoms with Crippen molar-refractivity contribution >= 4 is 5.91 Å². The van der Waals surface area contributed by atoms with Crippen LogP contribution in [0.5, 0.6) is 0 Å². The van der Waals surface area contributed by atoms with Gasteiger partial charge < -0.3 is 10.0 Å². The number of aliphatic hydroxyl groups is 1. The van der Waals surface area contributed by atoms with Crippen LogP contribution in [0.25, 0.3) is 0 Å². The minimum Gasteiger partial charge on any atom is -0.392 e. The Labute approximate surface area is 133 Å². The number of nitrogens with zero attached hydrogens (tertiary/aromatic N) is 2. The molecule has 1 aliphatic heterocycles. The van der Waals surface area contributed by atoms with Gasteiger partial charge in [0, 0.05) is 32.7 Å². The van der Waals surface area contributed by atoms with E-state index >= 15 is 0 Å². The van der Waals surface area contributed by atoms with Crippen LogP contribution in [-0.2, 0) is 6.18 Å². The first-order valence-corrected chi connectivity index (χ1v) is 7.68. The molecule has 1 fully saturated rings. The maximum absolute atomic E-state index is 13.0. The molecule has 0 bridgehead atoms. The van der Waals surface area contributed by atoms with Crippen molar-refractivity contribution in [2.45, 2.75) is 25.6 Å². The van der Waals surface area contributed by atoms with E-state index in [1.54, 1.807) is 0 Å². The molecule has 1 aromatic carbocycles. The molecule has 1 aromatic rings. The average molecular weight is 330 g/mol. The summed E-state index contributed by atoms with van der Waals surface area (Å²) >= 11 is 0. The fourth-order valence-electron chi connectivity index (χ4n) is 2.65. The molecule has 0 unspecified atom stereocenters. The van der Waals surface area contributed by atoms with Gasteiger partial charge in [-0.05, 0) is 18.6 Å². The third-order valence-corrected chi connectivity index (χ3v) is 4.06. The summed E-state index contributed by atoms with van der Waals surface area (Å²) in [4.78, 5) is 15.9.